The Morgan fingerprint density at radius 3 is 2.50 bits per heavy atom. The maximum absolute atomic E-state index is 12.0. The lowest BCUT2D eigenvalue weighted by Crippen LogP contribution is -2.28. The summed E-state index contributed by atoms with van der Waals surface area (Å²) in [6.07, 6.45) is 1.64. The van der Waals surface area contributed by atoms with Gasteiger partial charge >= 0.3 is 6.03 Å². The number of nitrogens with zero attached hydrogens (tertiary/aromatic N) is 1. The van der Waals surface area contributed by atoms with Crippen LogP contribution in [0.4, 0.5) is 16.2 Å². The van der Waals surface area contributed by atoms with Gasteiger partial charge in [-0.05, 0) is 42.8 Å². The fraction of sp³-hybridized carbons (Fsp3) is 0.278. The van der Waals surface area contributed by atoms with Crippen molar-refractivity contribution >= 4 is 28.2 Å². The van der Waals surface area contributed by atoms with Gasteiger partial charge in [-0.1, -0.05) is 18.2 Å². The van der Waals surface area contributed by atoms with Crippen LogP contribution in [0.5, 0.6) is 0 Å². The number of nitrogens with one attached hydrogen (secondary N) is 2. The highest BCUT2D eigenvalue weighted by Crippen LogP contribution is 2.18. The highest BCUT2D eigenvalue weighted by molar-refractivity contribution is 7.84. The molecule has 2 amide bonds. The summed E-state index contributed by atoms with van der Waals surface area (Å²) < 4.78 is 11.4. The molecule has 0 radical (unpaired) electrons. The molecule has 1 atom stereocenters. The predicted octanol–water partition coefficient (Wildman–Crippen LogP) is 3.20. The van der Waals surface area contributed by atoms with E-state index >= 15 is 0 Å². The van der Waals surface area contributed by atoms with Gasteiger partial charge < -0.3 is 15.5 Å². The summed E-state index contributed by atoms with van der Waals surface area (Å²) >= 11 is 0. The van der Waals surface area contributed by atoms with E-state index in [9.17, 15) is 9.00 Å². The van der Waals surface area contributed by atoms with E-state index < -0.39 is 10.8 Å². The van der Waals surface area contributed by atoms with Crippen LogP contribution in [0.25, 0.3) is 0 Å². The Hall–Kier alpha value is -2.34. The Kier molecular flexibility index (Phi) is 6.37. The van der Waals surface area contributed by atoms with Gasteiger partial charge in [0, 0.05) is 53.5 Å². The molecule has 2 aromatic carbocycles. The quantitative estimate of drug-likeness (QED) is 0.845. The third-order valence-corrected chi connectivity index (χ3v) is 4.66. The molecule has 0 spiro atoms. The number of hydrogen-bond acceptors (Lipinski definition) is 3. The van der Waals surface area contributed by atoms with Crippen molar-refractivity contribution in [3.05, 3.63) is 54.1 Å². The van der Waals surface area contributed by atoms with E-state index in [0.29, 0.717) is 6.54 Å². The first kappa shape index (κ1) is 18.0. The zero-order valence-electron chi connectivity index (χ0n) is 14.2. The third kappa shape index (κ3) is 5.09. The molecule has 0 aliphatic carbocycles. The summed E-state index contributed by atoms with van der Waals surface area (Å²) in [5.41, 5.74) is 2.76. The van der Waals surface area contributed by atoms with Crippen molar-refractivity contribution in [1.82, 2.24) is 5.32 Å². The van der Waals surface area contributed by atoms with E-state index in [4.69, 9.17) is 0 Å². The van der Waals surface area contributed by atoms with Gasteiger partial charge in [0.2, 0.25) is 0 Å². The van der Waals surface area contributed by atoms with Gasteiger partial charge in [0.05, 0.1) is 0 Å². The molecule has 0 heterocycles. The summed E-state index contributed by atoms with van der Waals surface area (Å²) in [6.45, 7) is 3.39. The van der Waals surface area contributed by atoms with Crippen molar-refractivity contribution in [2.24, 2.45) is 0 Å². The molecule has 0 saturated heterocycles. The molecular weight excluding hydrogens is 322 g/mol. The minimum Gasteiger partial charge on any atom is -0.375 e. The minimum absolute atomic E-state index is 0.255. The van der Waals surface area contributed by atoms with Crippen LogP contribution in [0.15, 0.2) is 53.4 Å². The van der Waals surface area contributed by atoms with Gasteiger partial charge in [-0.25, -0.2) is 4.79 Å². The van der Waals surface area contributed by atoms with Crippen molar-refractivity contribution in [3.63, 3.8) is 0 Å². The molecule has 0 aliphatic rings. The first-order valence-corrected chi connectivity index (χ1v) is 9.34. The standard InChI is InChI=1S/C18H23N3O2S/c1-4-21(2)16-7-5-6-15(12-16)20-18(22)19-13-14-8-10-17(11-9-14)24(3)23/h5-12H,4,13H2,1-3H3,(H2,19,20,22)/t24-/m0/s1. The highest BCUT2D eigenvalue weighted by atomic mass is 32.2. The lowest BCUT2D eigenvalue weighted by atomic mass is 10.2. The Balaban J connectivity index is 1.90. The smallest absolute Gasteiger partial charge is 0.319 e. The maximum Gasteiger partial charge on any atom is 0.319 e. The van der Waals surface area contributed by atoms with Gasteiger partial charge in [-0.3, -0.25) is 4.21 Å². The van der Waals surface area contributed by atoms with Crippen LogP contribution in [-0.4, -0.2) is 30.1 Å². The number of amides is 2. The van der Waals surface area contributed by atoms with Crippen LogP contribution >= 0.6 is 0 Å². The number of anilines is 2. The normalized spacial score (nSPS) is 11.6. The van der Waals surface area contributed by atoms with Crippen LogP contribution in [-0.2, 0) is 17.3 Å². The van der Waals surface area contributed by atoms with Crippen LogP contribution in [0.2, 0.25) is 0 Å². The number of benzene rings is 2. The monoisotopic (exact) mass is 345 g/mol. The number of carbonyl (C=O) groups is 1. The second-order valence-electron chi connectivity index (χ2n) is 5.47. The zero-order valence-corrected chi connectivity index (χ0v) is 15.0. The van der Waals surface area contributed by atoms with Crippen LogP contribution in [0, 0.1) is 0 Å². The molecule has 2 N–H and O–H groups in total. The number of carbonyl (C=O) groups excluding carboxylic acids is 1. The molecule has 0 saturated carbocycles. The first-order valence-electron chi connectivity index (χ1n) is 7.78. The lowest BCUT2D eigenvalue weighted by molar-refractivity contribution is 0.251. The third-order valence-electron chi connectivity index (χ3n) is 3.73. The summed E-state index contributed by atoms with van der Waals surface area (Å²) in [7, 11) is 1.02. The maximum atomic E-state index is 12.0. The molecule has 2 rings (SSSR count). The molecule has 0 unspecified atom stereocenters. The average molecular weight is 345 g/mol. The molecule has 0 aliphatic heterocycles. The average Bonchev–Trinajstić information content (AvgIpc) is 2.59. The lowest BCUT2D eigenvalue weighted by Gasteiger charge is -2.17. The van der Waals surface area contributed by atoms with Gasteiger partial charge in [0.25, 0.3) is 0 Å². The number of rotatable bonds is 6. The van der Waals surface area contributed by atoms with E-state index in [-0.39, 0.29) is 6.03 Å². The molecule has 0 aromatic heterocycles. The van der Waals surface area contributed by atoms with E-state index in [1.54, 1.807) is 6.26 Å². The van der Waals surface area contributed by atoms with Crippen molar-refractivity contribution < 1.29 is 9.00 Å². The van der Waals surface area contributed by atoms with Crippen molar-refractivity contribution in [1.29, 1.82) is 0 Å². The minimum atomic E-state index is -0.987. The molecule has 128 valence electrons. The summed E-state index contributed by atoms with van der Waals surface area (Å²) in [5, 5.41) is 5.66. The van der Waals surface area contributed by atoms with Gasteiger partial charge in [-0.2, -0.15) is 0 Å². The van der Waals surface area contributed by atoms with E-state index in [1.807, 2.05) is 55.6 Å². The molecule has 5 nitrogen and oxygen atoms in total. The molecule has 0 bridgehead atoms. The number of hydrogen-bond donors (Lipinski definition) is 2. The summed E-state index contributed by atoms with van der Waals surface area (Å²) in [5.74, 6) is 0. The van der Waals surface area contributed by atoms with Gasteiger partial charge in [0.1, 0.15) is 0 Å². The molecule has 2 aromatic rings. The Morgan fingerprint density at radius 1 is 1.17 bits per heavy atom. The van der Waals surface area contributed by atoms with E-state index in [1.165, 1.54) is 0 Å². The number of urea groups is 1. The fourth-order valence-corrected chi connectivity index (χ4v) is 2.68. The van der Waals surface area contributed by atoms with Gasteiger partial charge in [-0.15, -0.1) is 0 Å². The molecular formula is C18H23N3O2S. The Bertz CT molecular complexity index is 716. The topological polar surface area (TPSA) is 61.4 Å². The Morgan fingerprint density at radius 2 is 1.88 bits per heavy atom. The van der Waals surface area contributed by atoms with E-state index in [0.717, 1.165) is 28.4 Å². The second-order valence-corrected chi connectivity index (χ2v) is 6.85. The zero-order chi connectivity index (χ0) is 17.5. The largest absolute Gasteiger partial charge is 0.375 e. The van der Waals surface area contributed by atoms with Crippen LogP contribution in [0.3, 0.4) is 0 Å². The van der Waals surface area contributed by atoms with Gasteiger partial charge in [0.15, 0.2) is 0 Å². The van der Waals surface area contributed by atoms with Crippen LogP contribution < -0.4 is 15.5 Å². The molecule has 6 heteroatoms. The van der Waals surface area contributed by atoms with Crippen LogP contribution in [0.1, 0.15) is 12.5 Å². The molecule has 24 heavy (non-hydrogen) atoms. The second kappa shape index (κ2) is 8.49. The first-order chi connectivity index (χ1) is 11.5. The van der Waals surface area contributed by atoms with Crippen molar-refractivity contribution in [2.75, 3.05) is 30.1 Å². The summed E-state index contributed by atoms with van der Waals surface area (Å²) in [6, 6.07) is 14.8. The Labute approximate surface area is 145 Å². The predicted molar refractivity (Wildman–Crippen MR) is 100 cm³/mol. The van der Waals surface area contributed by atoms with Crippen molar-refractivity contribution in [2.45, 2.75) is 18.4 Å². The highest BCUT2D eigenvalue weighted by Gasteiger charge is 2.05. The SMILES string of the molecule is CCN(C)c1cccc(NC(=O)NCc2ccc([S@](C)=O)cc2)c1. The fourth-order valence-electron chi connectivity index (χ4n) is 2.16. The summed E-state index contributed by atoms with van der Waals surface area (Å²) in [4.78, 5) is 14.9. The van der Waals surface area contributed by atoms with E-state index in [2.05, 4.69) is 22.5 Å². The van der Waals surface area contributed by atoms with Crippen molar-refractivity contribution in [3.8, 4) is 0 Å². The molecule has 0 fully saturated rings.